The van der Waals surface area contributed by atoms with E-state index in [9.17, 15) is 13.2 Å². The molecular weight excluding hydrogens is 352 g/mol. The summed E-state index contributed by atoms with van der Waals surface area (Å²) in [5.74, 6) is 0.888. The molecule has 0 spiro atoms. The second-order valence-electron chi connectivity index (χ2n) is 7.28. The van der Waals surface area contributed by atoms with Gasteiger partial charge in [0.1, 0.15) is 10.7 Å². The molecule has 1 amide bonds. The molecule has 0 saturated carbocycles. The van der Waals surface area contributed by atoms with Crippen LogP contribution in [0.1, 0.15) is 26.7 Å². The average Bonchev–Trinajstić information content (AvgIpc) is 2.59. The maximum Gasteiger partial charge on any atom is 0.286 e. The molecule has 0 aromatic heterocycles. The highest BCUT2D eigenvalue weighted by atomic mass is 32.2. The molecule has 2 aliphatic heterocycles. The van der Waals surface area contributed by atoms with Crippen LogP contribution < -0.4 is 10.6 Å². The highest BCUT2D eigenvalue weighted by Gasteiger charge is 2.27. The molecule has 2 aliphatic rings. The largest absolute Gasteiger partial charge is 0.356 e. The molecule has 1 saturated heterocycles. The van der Waals surface area contributed by atoms with Crippen molar-refractivity contribution in [1.29, 1.82) is 0 Å². The lowest BCUT2D eigenvalue weighted by atomic mass is 9.97. The molecule has 0 radical (unpaired) electrons. The number of fused-ring (bicyclic) bond motifs is 1. The van der Waals surface area contributed by atoms with E-state index in [1.54, 1.807) is 24.3 Å². The summed E-state index contributed by atoms with van der Waals surface area (Å²) in [7, 11) is -3.64. The number of hydrogen-bond acceptors (Lipinski definition) is 5. The van der Waals surface area contributed by atoms with Crippen LogP contribution in [0, 0.1) is 11.8 Å². The smallest absolute Gasteiger partial charge is 0.286 e. The van der Waals surface area contributed by atoms with Gasteiger partial charge in [-0.1, -0.05) is 26.0 Å². The van der Waals surface area contributed by atoms with E-state index < -0.39 is 10.0 Å². The number of benzene rings is 1. The molecule has 1 aromatic rings. The molecule has 1 atom stereocenters. The zero-order valence-corrected chi connectivity index (χ0v) is 16.1. The summed E-state index contributed by atoms with van der Waals surface area (Å²) >= 11 is 0. The van der Waals surface area contributed by atoms with Gasteiger partial charge in [0.15, 0.2) is 0 Å². The van der Waals surface area contributed by atoms with Gasteiger partial charge in [0.2, 0.25) is 5.91 Å². The van der Waals surface area contributed by atoms with E-state index in [1.165, 1.54) is 0 Å². The fourth-order valence-corrected chi connectivity index (χ4v) is 4.50. The number of carbonyl (C=O) groups excluding carboxylic acids is 1. The number of para-hydroxylation sites is 1. The number of hydrogen-bond donors (Lipinski definition) is 2. The van der Waals surface area contributed by atoms with E-state index in [0.29, 0.717) is 30.5 Å². The van der Waals surface area contributed by atoms with Crippen LogP contribution in [0.25, 0.3) is 0 Å². The van der Waals surface area contributed by atoms with Gasteiger partial charge in [-0.05, 0) is 37.4 Å². The van der Waals surface area contributed by atoms with Crippen LogP contribution in [0.5, 0.6) is 0 Å². The quantitative estimate of drug-likeness (QED) is 0.814. The predicted octanol–water partition coefficient (Wildman–Crippen LogP) is 1.68. The number of rotatable bonds is 5. The topological polar surface area (TPSA) is 90.9 Å². The number of nitrogens with one attached hydrogen (secondary N) is 2. The fourth-order valence-electron chi connectivity index (χ4n) is 3.36. The van der Waals surface area contributed by atoms with E-state index in [1.807, 2.05) is 13.8 Å². The first kappa shape index (κ1) is 18.8. The Bertz CT molecular complexity index is 804. The van der Waals surface area contributed by atoms with Crippen LogP contribution in [0.3, 0.4) is 0 Å². The van der Waals surface area contributed by atoms with Crippen LogP contribution in [0.4, 0.5) is 5.69 Å². The van der Waals surface area contributed by atoms with Crippen molar-refractivity contribution in [3.05, 3.63) is 24.3 Å². The van der Waals surface area contributed by atoms with Gasteiger partial charge in [0.25, 0.3) is 10.0 Å². The number of amidine groups is 1. The van der Waals surface area contributed by atoms with Gasteiger partial charge in [-0.25, -0.2) is 0 Å². The molecule has 0 bridgehead atoms. The van der Waals surface area contributed by atoms with Crippen LogP contribution in [0.15, 0.2) is 33.6 Å². The number of anilines is 1. The SMILES string of the molecule is CC(C)C(=O)NCC1CCCN(CC2=NS(=O)(=O)c3ccccc3N2)C1. The average molecular weight is 378 g/mol. The van der Waals surface area contributed by atoms with E-state index in [0.717, 1.165) is 25.9 Å². The van der Waals surface area contributed by atoms with Crippen LogP contribution in [0.2, 0.25) is 0 Å². The molecule has 26 heavy (non-hydrogen) atoms. The lowest BCUT2D eigenvalue weighted by molar-refractivity contribution is -0.124. The molecule has 1 fully saturated rings. The molecule has 1 unspecified atom stereocenters. The lowest BCUT2D eigenvalue weighted by Gasteiger charge is -2.33. The maximum atomic E-state index is 12.3. The third kappa shape index (κ3) is 4.42. The zero-order chi connectivity index (χ0) is 18.7. The Hall–Kier alpha value is -1.93. The lowest BCUT2D eigenvalue weighted by Crippen LogP contribution is -2.45. The Labute approximate surface area is 154 Å². The zero-order valence-electron chi connectivity index (χ0n) is 15.2. The van der Waals surface area contributed by atoms with Crippen molar-refractivity contribution < 1.29 is 13.2 Å². The number of likely N-dealkylation sites (tertiary alicyclic amines) is 1. The van der Waals surface area contributed by atoms with Crippen molar-refractivity contribution in [3.63, 3.8) is 0 Å². The van der Waals surface area contributed by atoms with Crippen molar-refractivity contribution >= 4 is 27.5 Å². The summed E-state index contributed by atoms with van der Waals surface area (Å²) in [4.78, 5) is 14.2. The van der Waals surface area contributed by atoms with Gasteiger partial charge >= 0.3 is 0 Å². The van der Waals surface area contributed by atoms with Gasteiger partial charge in [-0.3, -0.25) is 9.69 Å². The minimum atomic E-state index is -3.64. The standard InChI is InChI=1S/C18H26N4O3S/c1-13(2)18(23)19-10-14-6-5-9-22(11-14)12-17-20-15-7-3-4-8-16(15)26(24,25)21-17/h3-4,7-8,13-14H,5-6,9-12H2,1-2H3,(H,19,23)(H,20,21). The van der Waals surface area contributed by atoms with Crippen molar-refractivity contribution in [2.45, 2.75) is 31.6 Å². The molecule has 2 heterocycles. The van der Waals surface area contributed by atoms with Gasteiger partial charge in [-0.2, -0.15) is 8.42 Å². The van der Waals surface area contributed by atoms with E-state index in [2.05, 4.69) is 19.9 Å². The molecule has 1 aromatic carbocycles. The Balaban J connectivity index is 1.61. The first-order valence-corrected chi connectivity index (χ1v) is 10.5. The number of amides is 1. The maximum absolute atomic E-state index is 12.3. The van der Waals surface area contributed by atoms with Gasteiger partial charge < -0.3 is 10.6 Å². The molecule has 142 valence electrons. The number of sulfonamides is 1. The van der Waals surface area contributed by atoms with Crippen LogP contribution in [-0.4, -0.2) is 51.2 Å². The van der Waals surface area contributed by atoms with E-state index in [-0.39, 0.29) is 16.7 Å². The van der Waals surface area contributed by atoms with Crippen molar-refractivity contribution in [2.24, 2.45) is 16.2 Å². The Morgan fingerprint density at radius 1 is 1.38 bits per heavy atom. The van der Waals surface area contributed by atoms with Crippen LogP contribution >= 0.6 is 0 Å². The summed E-state index contributed by atoms with van der Waals surface area (Å²) in [5, 5.41) is 6.13. The molecule has 2 N–H and O–H groups in total. The van der Waals surface area contributed by atoms with Crippen molar-refractivity contribution in [3.8, 4) is 0 Å². The van der Waals surface area contributed by atoms with Gasteiger partial charge in [-0.15, -0.1) is 4.40 Å². The fraction of sp³-hybridized carbons (Fsp3) is 0.556. The van der Waals surface area contributed by atoms with Crippen LogP contribution in [-0.2, 0) is 14.8 Å². The summed E-state index contributed by atoms with van der Waals surface area (Å²) in [6, 6.07) is 6.81. The van der Waals surface area contributed by atoms with E-state index in [4.69, 9.17) is 0 Å². The summed E-state index contributed by atoms with van der Waals surface area (Å²) in [6.07, 6.45) is 2.09. The molecular formula is C18H26N4O3S. The molecule has 8 heteroatoms. The number of piperidine rings is 1. The second-order valence-corrected chi connectivity index (χ2v) is 8.85. The Morgan fingerprint density at radius 2 is 2.15 bits per heavy atom. The number of nitrogens with zero attached hydrogens (tertiary/aromatic N) is 2. The summed E-state index contributed by atoms with van der Waals surface area (Å²) < 4.78 is 28.6. The monoisotopic (exact) mass is 378 g/mol. The first-order valence-electron chi connectivity index (χ1n) is 9.05. The van der Waals surface area contributed by atoms with Gasteiger partial charge in [0, 0.05) is 19.0 Å². The predicted molar refractivity (Wildman–Crippen MR) is 102 cm³/mol. The minimum Gasteiger partial charge on any atom is -0.356 e. The van der Waals surface area contributed by atoms with Crippen molar-refractivity contribution in [2.75, 3.05) is 31.5 Å². The molecule has 3 rings (SSSR count). The second kappa shape index (κ2) is 7.75. The third-order valence-corrected chi connectivity index (χ3v) is 6.11. The Morgan fingerprint density at radius 3 is 2.92 bits per heavy atom. The Kier molecular flexibility index (Phi) is 5.62. The highest BCUT2D eigenvalue weighted by molar-refractivity contribution is 7.90. The van der Waals surface area contributed by atoms with Crippen molar-refractivity contribution in [1.82, 2.24) is 10.2 Å². The highest BCUT2D eigenvalue weighted by Crippen LogP contribution is 2.27. The summed E-state index contributed by atoms with van der Waals surface area (Å²) in [5.41, 5.74) is 0.579. The van der Waals surface area contributed by atoms with E-state index >= 15 is 0 Å². The number of carbonyl (C=O) groups is 1. The molecule has 7 nitrogen and oxygen atoms in total. The first-order chi connectivity index (χ1) is 12.3. The third-order valence-electron chi connectivity index (χ3n) is 4.74. The normalized spacial score (nSPS) is 22.3. The van der Waals surface area contributed by atoms with Gasteiger partial charge in [0.05, 0.1) is 12.2 Å². The molecule has 0 aliphatic carbocycles. The minimum absolute atomic E-state index is 0.0132. The summed E-state index contributed by atoms with van der Waals surface area (Å²) in [6.45, 7) is 6.61.